The highest BCUT2D eigenvalue weighted by Crippen LogP contribution is 2.33. The lowest BCUT2D eigenvalue weighted by molar-refractivity contribution is -0.123. The zero-order chi connectivity index (χ0) is 15.1. The first-order valence-corrected chi connectivity index (χ1v) is 7.95. The van der Waals surface area contributed by atoms with Crippen molar-refractivity contribution in [3.63, 3.8) is 0 Å². The van der Waals surface area contributed by atoms with Gasteiger partial charge in [-0.25, -0.2) is 0 Å². The van der Waals surface area contributed by atoms with E-state index in [1.165, 1.54) is 11.1 Å². The Hall–Kier alpha value is -1.39. The monoisotopic (exact) mass is 290 g/mol. The molecular weight excluding hydrogens is 264 g/mol. The molecule has 0 spiro atoms. The fourth-order valence-electron chi connectivity index (χ4n) is 3.09. The van der Waals surface area contributed by atoms with Gasteiger partial charge in [0.15, 0.2) is 0 Å². The van der Waals surface area contributed by atoms with Gasteiger partial charge in [-0.3, -0.25) is 9.69 Å². The van der Waals surface area contributed by atoms with Gasteiger partial charge in [0.05, 0.1) is 13.2 Å². The quantitative estimate of drug-likeness (QED) is 0.806. The first kappa shape index (κ1) is 16.0. The number of hydrogen-bond acceptors (Lipinski definition) is 3. The zero-order valence-corrected chi connectivity index (χ0v) is 12.8. The highest BCUT2D eigenvalue weighted by molar-refractivity contribution is 5.78. The minimum Gasteiger partial charge on any atom is -0.395 e. The molecule has 0 bridgehead atoms. The maximum Gasteiger partial charge on any atom is 0.234 e. The van der Waals surface area contributed by atoms with Crippen molar-refractivity contribution in [2.75, 3.05) is 26.2 Å². The highest BCUT2D eigenvalue weighted by Gasteiger charge is 2.26. The number of rotatable bonds is 7. The Kier molecular flexibility index (Phi) is 6.21. The van der Waals surface area contributed by atoms with Crippen LogP contribution in [0.15, 0.2) is 24.3 Å². The molecule has 21 heavy (non-hydrogen) atoms. The molecule has 0 saturated carbocycles. The summed E-state index contributed by atoms with van der Waals surface area (Å²) in [5.41, 5.74) is 2.70. The third-order valence-corrected chi connectivity index (χ3v) is 4.08. The maximum absolute atomic E-state index is 12.0. The second-order valence-electron chi connectivity index (χ2n) is 5.65. The van der Waals surface area contributed by atoms with E-state index < -0.39 is 0 Å². The molecule has 0 fully saturated rings. The molecule has 2 N–H and O–H groups in total. The Morgan fingerprint density at radius 1 is 1.43 bits per heavy atom. The average molecular weight is 290 g/mol. The number of aliphatic hydroxyl groups is 1. The van der Waals surface area contributed by atoms with Gasteiger partial charge in [0.25, 0.3) is 0 Å². The Morgan fingerprint density at radius 2 is 2.24 bits per heavy atom. The molecule has 4 heteroatoms. The van der Waals surface area contributed by atoms with E-state index >= 15 is 0 Å². The molecule has 0 heterocycles. The number of carbonyl (C=O) groups is 1. The van der Waals surface area contributed by atoms with Crippen molar-refractivity contribution in [3.8, 4) is 0 Å². The predicted molar refractivity (Wildman–Crippen MR) is 84.1 cm³/mol. The average Bonchev–Trinajstić information content (AvgIpc) is 2.52. The van der Waals surface area contributed by atoms with Crippen LogP contribution < -0.4 is 5.32 Å². The molecular formula is C17H26N2O2. The Bertz CT molecular complexity index is 462. The van der Waals surface area contributed by atoms with Crippen LogP contribution in [-0.2, 0) is 11.2 Å². The summed E-state index contributed by atoms with van der Waals surface area (Å²) in [6.45, 7) is 3.74. The van der Waals surface area contributed by atoms with Crippen molar-refractivity contribution in [3.05, 3.63) is 35.4 Å². The first-order valence-electron chi connectivity index (χ1n) is 7.95. The Labute approximate surface area is 127 Å². The van der Waals surface area contributed by atoms with E-state index in [1.807, 2.05) is 6.92 Å². The van der Waals surface area contributed by atoms with E-state index in [2.05, 4.69) is 34.5 Å². The normalized spacial score (nSPS) is 17.6. The summed E-state index contributed by atoms with van der Waals surface area (Å²) in [5.74, 6) is 0.0494. The van der Waals surface area contributed by atoms with Crippen molar-refractivity contribution < 1.29 is 9.90 Å². The molecule has 1 amide bonds. The highest BCUT2D eigenvalue weighted by atomic mass is 16.3. The van der Waals surface area contributed by atoms with Crippen molar-refractivity contribution in [2.45, 2.75) is 38.6 Å². The van der Waals surface area contributed by atoms with E-state index in [0.717, 1.165) is 25.7 Å². The minimum atomic E-state index is 0.0494. The molecule has 2 rings (SSSR count). The van der Waals surface area contributed by atoms with Crippen LogP contribution in [-0.4, -0.2) is 42.2 Å². The summed E-state index contributed by atoms with van der Waals surface area (Å²) in [5, 5.41) is 12.3. The predicted octanol–water partition coefficient (Wildman–Crippen LogP) is 1.88. The summed E-state index contributed by atoms with van der Waals surface area (Å²) < 4.78 is 0. The van der Waals surface area contributed by atoms with Gasteiger partial charge in [0.2, 0.25) is 5.91 Å². The first-order chi connectivity index (χ1) is 10.3. The fourth-order valence-corrected chi connectivity index (χ4v) is 3.09. The van der Waals surface area contributed by atoms with Crippen LogP contribution in [0.25, 0.3) is 0 Å². The van der Waals surface area contributed by atoms with Crippen LogP contribution in [0, 0.1) is 0 Å². The number of hydrogen-bond donors (Lipinski definition) is 2. The molecule has 1 aliphatic rings. The van der Waals surface area contributed by atoms with E-state index in [-0.39, 0.29) is 18.6 Å². The molecule has 1 aromatic carbocycles. The fraction of sp³-hybridized carbons (Fsp3) is 0.588. The number of carbonyl (C=O) groups excluding carboxylic acids is 1. The standard InChI is InChI=1S/C17H26N2O2/c1-2-10-18-17(21)13-19(11-12-20)16-9-5-7-14-6-3-4-8-15(14)16/h3-4,6,8,16,20H,2,5,7,9-13H2,1H3,(H,18,21). The lowest BCUT2D eigenvalue weighted by Crippen LogP contribution is -2.41. The van der Waals surface area contributed by atoms with Gasteiger partial charge >= 0.3 is 0 Å². The molecule has 1 atom stereocenters. The smallest absolute Gasteiger partial charge is 0.234 e. The molecule has 0 saturated heterocycles. The number of benzene rings is 1. The second-order valence-corrected chi connectivity index (χ2v) is 5.65. The number of aliphatic hydroxyl groups excluding tert-OH is 1. The van der Waals surface area contributed by atoms with Crippen LogP contribution in [0.4, 0.5) is 0 Å². The van der Waals surface area contributed by atoms with Crippen molar-refractivity contribution in [2.24, 2.45) is 0 Å². The van der Waals surface area contributed by atoms with Crippen LogP contribution >= 0.6 is 0 Å². The summed E-state index contributed by atoms with van der Waals surface area (Å²) in [6, 6.07) is 8.72. The largest absolute Gasteiger partial charge is 0.395 e. The lowest BCUT2D eigenvalue weighted by Gasteiger charge is -2.35. The number of fused-ring (bicyclic) bond motifs is 1. The minimum absolute atomic E-state index is 0.0494. The van der Waals surface area contributed by atoms with Crippen LogP contribution in [0.1, 0.15) is 43.4 Å². The molecule has 0 aromatic heterocycles. The molecule has 0 radical (unpaired) electrons. The molecule has 1 unspecified atom stereocenters. The summed E-state index contributed by atoms with van der Waals surface area (Å²) >= 11 is 0. The van der Waals surface area contributed by atoms with Gasteiger partial charge in [0, 0.05) is 19.1 Å². The number of aryl methyl sites for hydroxylation is 1. The van der Waals surface area contributed by atoms with Gasteiger partial charge in [-0.1, -0.05) is 31.2 Å². The molecule has 1 aliphatic carbocycles. The maximum atomic E-state index is 12.0. The topological polar surface area (TPSA) is 52.6 Å². The molecule has 116 valence electrons. The van der Waals surface area contributed by atoms with Crippen molar-refractivity contribution >= 4 is 5.91 Å². The number of amides is 1. The Morgan fingerprint density at radius 3 is 3.00 bits per heavy atom. The third kappa shape index (κ3) is 4.29. The van der Waals surface area contributed by atoms with Gasteiger partial charge in [-0.2, -0.15) is 0 Å². The van der Waals surface area contributed by atoms with Crippen LogP contribution in [0.3, 0.4) is 0 Å². The molecule has 0 aliphatic heterocycles. The number of nitrogens with one attached hydrogen (secondary N) is 1. The van der Waals surface area contributed by atoms with Crippen molar-refractivity contribution in [1.29, 1.82) is 0 Å². The van der Waals surface area contributed by atoms with Gasteiger partial charge in [-0.15, -0.1) is 0 Å². The van der Waals surface area contributed by atoms with E-state index in [4.69, 9.17) is 0 Å². The zero-order valence-electron chi connectivity index (χ0n) is 12.8. The third-order valence-electron chi connectivity index (χ3n) is 4.08. The van der Waals surface area contributed by atoms with Crippen molar-refractivity contribution in [1.82, 2.24) is 10.2 Å². The Balaban J connectivity index is 2.09. The lowest BCUT2D eigenvalue weighted by atomic mass is 9.87. The summed E-state index contributed by atoms with van der Waals surface area (Å²) in [6.07, 6.45) is 4.25. The van der Waals surface area contributed by atoms with Crippen LogP contribution in [0.5, 0.6) is 0 Å². The molecule has 4 nitrogen and oxygen atoms in total. The number of nitrogens with zero attached hydrogens (tertiary/aromatic N) is 1. The van der Waals surface area contributed by atoms with Gasteiger partial charge in [-0.05, 0) is 36.8 Å². The summed E-state index contributed by atoms with van der Waals surface area (Å²) in [7, 11) is 0. The van der Waals surface area contributed by atoms with E-state index in [9.17, 15) is 9.90 Å². The van der Waals surface area contributed by atoms with E-state index in [1.54, 1.807) is 0 Å². The van der Waals surface area contributed by atoms with Crippen LogP contribution in [0.2, 0.25) is 0 Å². The van der Waals surface area contributed by atoms with E-state index in [0.29, 0.717) is 19.6 Å². The van der Waals surface area contributed by atoms with Gasteiger partial charge in [0.1, 0.15) is 0 Å². The second kappa shape index (κ2) is 8.15. The summed E-state index contributed by atoms with van der Waals surface area (Å²) in [4.78, 5) is 14.1. The van der Waals surface area contributed by atoms with Gasteiger partial charge < -0.3 is 10.4 Å². The molecule has 1 aromatic rings. The SMILES string of the molecule is CCCNC(=O)CN(CCO)C1CCCc2ccccc21.